The number of ether oxygens (including phenoxy) is 2. The quantitative estimate of drug-likeness (QED) is 0.292. The Bertz CT molecular complexity index is 872. The van der Waals surface area contributed by atoms with Crippen molar-refractivity contribution in [2.75, 3.05) is 25.1 Å². The van der Waals surface area contributed by atoms with Gasteiger partial charge < -0.3 is 14.4 Å². The van der Waals surface area contributed by atoms with E-state index in [0.717, 1.165) is 24.3 Å². The first-order valence-electron chi connectivity index (χ1n) is 8.57. The molecule has 3 rings (SSSR count). The van der Waals surface area contributed by atoms with Crippen molar-refractivity contribution < 1.29 is 19.1 Å². The standard InChI is InChI=1S/C21H21NO4/c1-4-22(5-2)15-6-8-17-19(10-15)26-20-11-16(25-3)7-9-18(20)21(17)14(12-23)13-24/h6-13H,4-5H2,1-3H3. The first-order valence-corrected chi connectivity index (χ1v) is 8.57. The number of fused-ring (bicyclic) bond motifs is 2. The maximum Gasteiger partial charge on any atom is 0.153 e. The van der Waals surface area contributed by atoms with Gasteiger partial charge in [-0.3, -0.25) is 9.59 Å². The van der Waals surface area contributed by atoms with E-state index < -0.39 is 0 Å². The molecule has 2 aromatic rings. The van der Waals surface area contributed by atoms with Crippen LogP contribution in [0.1, 0.15) is 25.0 Å². The summed E-state index contributed by atoms with van der Waals surface area (Å²) in [4.78, 5) is 25.2. The Morgan fingerprint density at radius 1 is 1.00 bits per heavy atom. The number of nitrogens with zero attached hydrogens (tertiary/aromatic N) is 1. The molecule has 0 aromatic heterocycles. The van der Waals surface area contributed by atoms with Gasteiger partial charge in [0.15, 0.2) is 12.6 Å². The van der Waals surface area contributed by atoms with E-state index in [0.29, 0.717) is 41.0 Å². The van der Waals surface area contributed by atoms with Crippen molar-refractivity contribution in [2.24, 2.45) is 0 Å². The van der Waals surface area contributed by atoms with Crippen LogP contribution in [0.2, 0.25) is 0 Å². The van der Waals surface area contributed by atoms with Crippen LogP contribution in [0.15, 0.2) is 42.0 Å². The topological polar surface area (TPSA) is 55.8 Å². The third-order valence-electron chi connectivity index (χ3n) is 4.58. The molecule has 1 aliphatic rings. The number of hydrogen-bond donors (Lipinski definition) is 0. The number of methoxy groups -OCH3 is 1. The maximum absolute atomic E-state index is 11.5. The second-order valence-corrected chi connectivity index (χ2v) is 5.88. The Morgan fingerprint density at radius 2 is 1.62 bits per heavy atom. The van der Waals surface area contributed by atoms with Gasteiger partial charge in [0, 0.05) is 47.6 Å². The van der Waals surface area contributed by atoms with Gasteiger partial charge in [-0.1, -0.05) is 0 Å². The minimum Gasteiger partial charge on any atom is -0.497 e. The fourth-order valence-corrected chi connectivity index (χ4v) is 3.23. The first kappa shape index (κ1) is 17.7. The molecule has 2 aromatic carbocycles. The SMILES string of the molecule is CCN(CC)c1ccc2c(c1)Oc1cc(OC)ccc1C2=C(C=O)C=O. The van der Waals surface area contributed by atoms with Crippen LogP contribution in [0.3, 0.4) is 0 Å². The highest BCUT2D eigenvalue weighted by Crippen LogP contribution is 2.46. The molecule has 0 fully saturated rings. The second kappa shape index (κ2) is 7.44. The Kier molecular flexibility index (Phi) is 5.07. The Hall–Kier alpha value is -3.08. The van der Waals surface area contributed by atoms with Crippen LogP contribution < -0.4 is 14.4 Å². The molecule has 134 valence electrons. The number of hydrogen-bond acceptors (Lipinski definition) is 5. The molecule has 1 heterocycles. The normalized spacial score (nSPS) is 11.7. The summed E-state index contributed by atoms with van der Waals surface area (Å²) >= 11 is 0. The summed E-state index contributed by atoms with van der Waals surface area (Å²) in [5, 5.41) is 0. The van der Waals surface area contributed by atoms with Crippen molar-refractivity contribution in [2.45, 2.75) is 13.8 Å². The van der Waals surface area contributed by atoms with E-state index in [2.05, 4.69) is 18.7 Å². The van der Waals surface area contributed by atoms with Gasteiger partial charge in [0.2, 0.25) is 0 Å². The molecule has 0 spiro atoms. The molecule has 0 atom stereocenters. The van der Waals surface area contributed by atoms with E-state index in [4.69, 9.17) is 9.47 Å². The fraction of sp³-hybridized carbons (Fsp3) is 0.238. The highest BCUT2D eigenvalue weighted by molar-refractivity contribution is 6.12. The summed E-state index contributed by atoms with van der Waals surface area (Å²) in [6.07, 6.45) is 1.17. The van der Waals surface area contributed by atoms with E-state index in [1.807, 2.05) is 18.2 Å². The molecule has 0 bridgehead atoms. The molecular weight excluding hydrogens is 330 g/mol. The average Bonchev–Trinajstić information content (AvgIpc) is 2.68. The molecule has 0 amide bonds. The predicted octanol–water partition coefficient (Wildman–Crippen LogP) is 3.85. The highest BCUT2D eigenvalue weighted by atomic mass is 16.5. The van der Waals surface area contributed by atoms with Crippen molar-refractivity contribution in [1.29, 1.82) is 0 Å². The monoisotopic (exact) mass is 351 g/mol. The fourth-order valence-electron chi connectivity index (χ4n) is 3.23. The highest BCUT2D eigenvalue weighted by Gasteiger charge is 2.26. The molecule has 5 heteroatoms. The summed E-state index contributed by atoms with van der Waals surface area (Å²) in [6.45, 7) is 5.92. The molecule has 0 aliphatic carbocycles. The van der Waals surface area contributed by atoms with Crippen molar-refractivity contribution in [1.82, 2.24) is 0 Å². The van der Waals surface area contributed by atoms with Crippen LogP contribution in [0.4, 0.5) is 5.69 Å². The van der Waals surface area contributed by atoms with Crippen LogP contribution in [0.5, 0.6) is 17.2 Å². The van der Waals surface area contributed by atoms with Gasteiger partial charge in [0.25, 0.3) is 0 Å². The summed E-state index contributed by atoms with van der Waals surface area (Å²) in [7, 11) is 1.58. The molecule has 26 heavy (non-hydrogen) atoms. The molecule has 0 saturated carbocycles. The van der Waals surface area contributed by atoms with Gasteiger partial charge in [-0.05, 0) is 38.1 Å². The van der Waals surface area contributed by atoms with Crippen molar-refractivity contribution >= 4 is 23.8 Å². The lowest BCUT2D eigenvalue weighted by Gasteiger charge is -2.27. The lowest BCUT2D eigenvalue weighted by atomic mass is 9.90. The number of aldehydes is 2. The summed E-state index contributed by atoms with van der Waals surface area (Å²) < 4.78 is 11.4. The zero-order valence-corrected chi connectivity index (χ0v) is 15.1. The van der Waals surface area contributed by atoms with Gasteiger partial charge in [-0.15, -0.1) is 0 Å². The van der Waals surface area contributed by atoms with Gasteiger partial charge in [0.1, 0.15) is 17.2 Å². The van der Waals surface area contributed by atoms with Crippen LogP contribution in [0.25, 0.3) is 5.57 Å². The van der Waals surface area contributed by atoms with E-state index >= 15 is 0 Å². The Balaban J connectivity index is 2.23. The number of carbonyl (C=O) groups excluding carboxylic acids is 2. The van der Waals surface area contributed by atoms with Crippen LogP contribution in [-0.4, -0.2) is 32.8 Å². The molecular formula is C21H21NO4. The van der Waals surface area contributed by atoms with E-state index in [1.54, 1.807) is 25.3 Å². The molecule has 1 aliphatic heterocycles. The zero-order valence-electron chi connectivity index (χ0n) is 15.1. The summed E-state index contributed by atoms with van der Waals surface area (Å²) in [5.41, 5.74) is 3.13. The zero-order chi connectivity index (χ0) is 18.7. The number of carbonyl (C=O) groups is 2. The minimum absolute atomic E-state index is 0.0940. The van der Waals surface area contributed by atoms with E-state index in [-0.39, 0.29) is 5.57 Å². The Labute approximate surface area is 152 Å². The summed E-state index contributed by atoms with van der Waals surface area (Å²) in [5.74, 6) is 1.82. The third-order valence-corrected chi connectivity index (χ3v) is 4.58. The lowest BCUT2D eigenvalue weighted by Crippen LogP contribution is -2.22. The molecule has 5 nitrogen and oxygen atoms in total. The largest absolute Gasteiger partial charge is 0.497 e. The van der Waals surface area contributed by atoms with Crippen LogP contribution >= 0.6 is 0 Å². The predicted molar refractivity (Wildman–Crippen MR) is 101 cm³/mol. The average molecular weight is 351 g/mol. The maximum atomic E-state index is 11.5. The number of benzene rings is 2. The second-order valence-electron chi connectivity index (χ2n) is 5.88. The summed E-state index contributed by atoms with van der Waals surface area (Å²) in [6, 6.07) is 11.2. The van der Waals surface area contributed by atoms with Gasteiger partial charge in [-0.25, -0.2) is 0 Å². The molecule has 0 N–H and O–H groups in total. The van der Waals surface area contributed by atoms with Crippen molar-refractivity contribution in [3.05, 3.63) is 53.1 Å². The lowest BCUT2D eigenvalue weighted by molar-refractivity contribution is -0.109. The third kappa shape index (κ3) is 2.96. The molecule has 0 saturated heterocycles. The van der Waals surface area contributed by atoms with Gasteiger partial charge >= 0.3 is 0 Å². The number of rotatable bonds is 6. The smallest absolute Gasteiger partial charge is 0.153 e. The van der Waals surface area contributed by atoms with E-state index in [9.17, 15) is 9.59 Å². The van der Waals surface area contributed by atoms with Crippen molar-refractivity contribution in [3.8, 4) is 17.2 Å². The van der Waals surface area contributed by atoms with Gasteiger partial charge in [-0.2, -0.15) is 0 Å². The minimum atomic E-state index is 0.0940. The Morgan fingerprint density at radius 3 is 2.19 bits per heavy atom. The van der Waals surface area contributed by atoms with E-state index in [1.165, 1.54) is 0 Å². The van der Waals surface area contributed by atoms with Gasteiger partial charge in [0.05, 0.1) is 12.7 Å². The van der Waals surface area contributed by atoms with Crippen molar-refractivity contribution in [3.63, 3.8) is 0 Å². The number of anilines is 1. The van der Waals surface area contributed by atoms with Crippen LogP contribution in [-0.2, 0) is 9.59 Å². The molecule has 0 unspecified atom stereocenters. The number of allylic oxidation sites excluding steroid dienone is 1. The first-order chi connectivity index (χ1) is 12.7. The van der Waals surface area contributed by atoms with Crippen LogP contribution in [0, 0.1) is 0 Å². The molecule has 0 radical (unpaired) electrons.